The maximum Gasteiger partial charge on any atom is 0.414 e. The Morgan fingerprint density at radius 1 is 0.560 bits per heavy atom. The summed E-state index contributed by atoms with van der Waals surface area (Å²) in [4.78, 5) is 62.8. The minimum Gasteiger partial charge on any atom is -0.473 e. The number of Topliss-reactive ketones (excluding diaryl/α,β-unsaturated/α-hetero) is 4. The molecule has 25 heavy (non-hydrogen) atoms. The minimum absolute atomic E-state index is 0. The summed E-state index contributed by atoms with van der Waals surface area (Å²) in [6.45, 7) is 5.64. The van der Waals surface area contributed by atoms with Crippen molar-refractivity contribution in [3.8, 4) is 0 Å². The van der Waals surface area contributed by atoms with Crippen molar-refractivity contribution in [2.75, 3.05) is 26.2 Å². The summed E-state index contributed by atoms with van der Waals surface area (Å²) in [6, 6.07) is 0. The van der Waals surface area contributed by atoms with Crippen LogP contribution in [0.5, 0.6) is 0 Å². The van der Waals surface area contributed by atoms with Crippen molar-refractivity contribution < 1.29 is 56.0 Å². The predicted octanol–water partition coefficient (Wildman–Crippen LogP) is -0.985. The zero-order valence-corrected chi connectivity index (χ0v) is 15.3. The minimum atomic E-state index is -1.82. The van der Waals surface area contributed by atoms with E-state index in [1.54, 1.807) is 0 Å². The van der Waals surface area contributed by atoms with Crippen LogP contribution < -0.4 is 0 Å². The summed E-state index contributed by atoms with van der Waals surface area (Å²) in [6.07, 6.45) is 0. The molecule has 0 saturated heterocycles. The third kappa shape index (κ3) is 18.2. The molecule has 11 heteroatoms. The Bertz CT molecular complexity index is 443. The molecule has 0 aliphatic carbocycles. The van der Waals surface area contributed by atoms with Gasteiger partial charge in [0.1, 0.15) is 23.1 Å². The molecule has 0 unspecified atom stereocenters. The fraction of sp³-hybridized carbons (Fsp3) is 0.571. The summed E-state index contributed by atoms with van der Waals surface area (Å²) in [5, 5.41) is 17.7. The topological polar surface area (TPSA) is 149 Å². The molecular weight excluding hydrogens is 388 g/mol. The van der Waals surface area contributed by atoms with E-state index in [-0.39, 0.29) is 66.4 Å². The number of nitrogens with zero attached hydrogens (tertiary/aromatic N) is 2. The monoisotopic (exact) mass is 409 g/mol. The van der Waals surface area contributed by atoms with Crippen molar-refractivity contribution >= 4 is 35.1 Å². The second-order valence-corrected chi connectivity index (χ2v) is 5.06. The first-order valence-corrected chi connectivity index (χ1v) is 6.80. The number of carbonyl (C=O) groups is 6. The van der Waals surface area contributed by atoms with E-state index in [2.05, 4.69) is 0 Å². The van der Waals surface area contributed by atoms with Gasteiger partial charge in [-0.25, -0.2) is 19.6 Å². The zero-order valence-electron chi connectivity index (χ0n) is 14.4. The van der Waals surface area contributed by atoms with E-state index in [1.165, 1.54) is 37.7 Å². The number of carboxylic acids is 2. The summed E-state index contributed by atoms with van der Waals surface area (Å²) < 4.78 is 0. The van der Waals surface area contributed by atoms with Gasteiger partial charge in [-0.3, -0.25) is 19.2 Å². The number of ketones is 4. The molecule has 1 radical (unpaired) electrons. The van der Waals surface area contributed by atoms with Crippen LogP contribution in [0.15, 0.2) is 0 Å². The van der Waals surface area contributed by atoms with Gasteiger partial charge in [-0.15, -0.1) is 0 Å². The summed E-state index contributed by atoms with van der Waals surface area (Å²) in [7, 11) is 0. The van der Waals surface area contributed by atoms with Gasteiger partial charge in [-0.05, 0) is 27.7 Å². The number of aliphatic carboxylic acids is 2. The molecule has 0 aliphatic heterocycles. The van der Waals surface area contributed by atoms with Crippen LogP contribution in [0, 0.1) is 0 Å². The van der Waals surface area contributed by atoms with Gasteiger partial charge in [0, 0.05) is 17.1 Å². The average Bonchev–Trinajstić information content (AvgIpc) is 2.35. The first-order valence-electron chi connectivity index (χ1n) is 6.80. The Morgan fingerprint density at radius 3 is 0.800 bits per heavy atom. The second-order valence-electron chi connectivity index (χ2n) is 5.06. The molecule has 0 aromatic heterocycles. The Labute approximate surface area is 155 Å². The van der Waals surface area contributed by atoms with Crippen molar-refractivity contribution in [1.29, 1.82) is 0 Å². The number of carboxylic acid groups (broad SMARTS) is 2. The van der Waals surface area contributed by atoms with Crippen LogP contribution in [0.3, 0.4) is 0 Å². The Kier molecular flexibility index (Phi) is 16.1. The smallest absolute Gasteiger partial charge is 0.414 e. The van der Waals surface area contributed by atoms with Crippen LogP contribution >= 0.6 is 0 Å². The number of rotatable bonds is 9. The molecule has 0 aliphatic rings. The van der Waals surface area contributed by atoms with E-state index in [0.717, 1.165) is 0 Å². The van der Waals surface area contributed by atoms with Crippen molar-refractivity contribution in [2.24, 2.45) is 0 Å². The van der Waals surface area contributed by atoms with Crippen molar-refractivity contribution in [3.63, 3.8) is 0 Å². The Hall–Kier alpha value is -1.94. The van der Waals surface area contributed by atoms with Crippen LogP contribution in [-0.4, -0.2) is 81.5 Å². The first-order chi connectivity index (χ1) is 10.9. The van der Waals surface area contributed by atoms with Crippen molar-refractivity contribution in [3.05, 3.63) is 0 Å². The molecule has 0 spiro atoms. The van der Waals surface area contributed by atoms with Crippen LogP contribution in [0.25, 0.3) is 0 Å². The summed E-state index contributed by atoms with van der Waals surface area (Å²) >= 11 is 0. The number of hydrazine groups is 1. The molecule has 0 rings (SSSR count). The van der Waals surface area contributed by atoms with Crippen molar-refractivity contribution in [1.82, 2.24) is 10.0 Å². The van der Waals surface area contributed by atoms with Crippen molar-refractivity contribution in [2.45, 2.75) is 27.7 Å². The molecular formula is C14H22CuN2O8. The van der Waals surface area contributed by atoms with E-state index >= 15 is 0 Å². The molecule has 0 heterocycles. The van der Waals surface area contributed by atoms with Gasteiger partial charge >= 0.3 is 11.9 Å². The molecule has 0 saturated carbocycles. The Morgan fingerprint density at radius 2 is 0.720 bits per heavy atom. The molecule has 0 atom stereocenters. The fourth-order valence-electron chi connectivity index (χ4n) is 1.54. The quantitative estimate of drug-likeness (QED) is 0.276. The standard InChI is InChI=1S/C12H20N2O4.C2H2O4.Cu/c1-9(15)5-13(6-10(2)16)14(7-11(3)17)8-12(4)18;3-1(4)2(5)6;/h5-8H2,1-4H3;(H,3,4)(H,5,6);. The molecule has 0 bridgehead atoms. The van der Waals surface area contributed by atoms with Gasteiger partial charge in [-0.2, -0.15) is 0 Å². The normalized spacial score (nSPS) is 9.52. The number of carbonyl (C=O) groups excluding carboxylic acids is 4. The van der Waals surface area contributed by atoms with E-state index in [0.29, 0.717) is 0 Å². The first kappa shape index (κ1) is 27.9. The molecule has 0 amide bonds. The van der Waals surface area contributed by atoms with Crippen LogP contribution in [-0.2, 0) is 45.8 Å². The maximum atomic E-state index is 11.2. The fourth-order valence-corrected chi connectivity index (χ4v) is 1.54. The van der Waals surface area contributed by atoms with Gasteiger partial charge in [-0.1, -0.05) is 0 Å². The average molecular weight is 410 g/mol. The number of hydrogen-bond acceptors (Lipinski definition) is 8. The van der Waals surface area contributed by atoms with Gasteiger partial charge in [0.05, 0.1) is 26.2 Å². The largest absolute Gasteiger partial charge is 0.473 e. The Balaban J connectivity index is -0.000000592. The van der Waals surface area contributed by atoms with Crippen LogP contribution in [0.4, 0.5) is 0 Å². The number of hydrogen-bond donors (Lipinski definition) is 2. The van der Waals surface area contributed by atoms with E-state index in [1.807, 2.05) is 0 Å². The van der Waals surface area contributed by atoms with Gasteiger partial charge in [0.2, 0.25) is 0 Å². The van der Waals surface area contributed by atoms with E-state index in [4.69, 9.17) is 19.8 Å². The molecule has 0 aromatic carbocycles. The molecule has 0 aromatic rings. The third-order valence-electron chi connectivity index (χ3n) is 2.20. The SMILES string of the molecule is CC(=O)CN(CC(C)=O)N(CC(C)=O)CC(C)=O.O=C(O)C(=O)O.[Cu]. The zero-order chi connectivity index (χ0) is 19.4. The van der Waals surface area contributed by atoms with Gasteiger partial charge in [0.15, 0.2) is 0 Å². The van der Waals surface area contributed by atoms with Crippen LogP contribution in [0.2, 0.25) is 0 Å². The van der Waals surface area contributed by atoms with E-state index in [9.17, 15) is 19.2 Å². The molecule has 0 fully saturated rings. The van der Waals surface area contributed by atoms with Gasteiger partial charge in [0.25, 0.3) is 0 Å². The van der Waals surface area contributed by atoms with E-state index < -0.39 is 11.9 Å². The van der Waals surface area contributed by atoms with Crippen LogP contribution in [0.1, 0.15) is 27.7 Å². The predicted molar refractivity (Wildman–Crippen MR) is 81.1 cm³/mol. The molecule has 147 valence electrons. The maximum absolute atomic E-state index is 11.2. The third-order valence-corrected chi connectivity index (χ3v) is 2.20. The summed E-state index contributed by atoms with van der Waals surface area (Å²) in [5.74, 6) is -4.17. The molecule has 10 nitrogen and oxygen atoms in total. The second kappa shape index (κ2) is 14.4. The van der Waals surface area contributed by atoms with Gasteiger partial charge < -0.3 is 10.2 Å². The summed E-state index contributed by atoms with van der Waals surface area (Å²) in [5.41, 5.74) is 0. The molecule has 2 N–H and O–H groups in total.